The van der Waals surface area contributed by atoms with Gasteiger partial charge >= 0.3 is 6.18 Å². The molecule has 2 heterocycles. The summed E-state index contributed by atoms with van der Waals surface area (Å²) < 4.78 is 41.6. The van der Waals surface area contributed by atoms with Crippen LogP contribution in [-0.4, -0.2) is 28.7 Å². The second-order valence-electron chi connectivity index (χ2n) is 5.30. The molecule has 0 aliphatic carbocycles. The molecule has 1 aromatic carbocycles. The number of ether oxygens (including phenoxy) is 1. The van der Waals surface area contributed by atoms with Crippen molar-refractivity contribution in [1.29, 1.82) is 0 Å². The van der Waals surface area contributed by atoms with Crippen molar-refractivity contribution in [3.05, 3.63) is 59.9 Å². The molecule has 0 aliphatic heterocycles. The van der Waals surface area contributed by atoms with Gasteiger partial charge in [-0.1, -0.05) is 24.3 Å². The molecular formula is C17H14F3N3O2. The molecule has 2 aromatic heterocycles. The minimum Gasteiger partial charge on any atom is -0.468 e. The maximum atomic E-state index is 12.3. The van der Waals surface area contributed by atoms with Gasteiger partial charge in [-0.2, -0.15) is 13.2 Å². The highest BCUT2D eigenvalue weighted by Gasteiger charge is 2.29. The number of carbonyl (C=O) groups is 1. The highest BCUT2D eigenvalue weighted by Crippen LogP contribution is 2.21. The lowest BCUT2D eigenvalue weighted by Gasteiger charge is -2.12. The summed E-state index contributed by atoms with van der Waals surface area (Å²) in [7, 11) is 0. The van der Waals surface area contributed by atoms with Crippen LogP contribution in [0.4, 0.5) is 13.2 Å². The zero-order valence-electron chi connectivity index (χ0n) is 12.9. The van der Waals surface area contributed by atoms with E-state index >= 15 is 0 Å². The van der Waals surface area contributed by atoms with Crippen molar-refractivity contribution >= 4 is 16.8 Å². The summed E-state index contributed by atoms with van der Waals surface area (Å²) in [6.45, 7) is -1.44. The summed E-state index contributed by atoms with van der Waals surface area (Å²) >= 11 is 0. The molecule has 3 aromatic rings. The molecule has 0 unspecified atom stereocenters. The van der Waals surface area contributed by atoms with Crippen LogP contribution in [0.3, 0.4) is 0 Å². The number of benzene rings is 1. The lowest BCUT2D eigenvalue weighted by Crippen LogP contribution is -2.24. The summed E-state index contributed by atoms with van der Waals surface area (Å²) in [5.74, 6) is -0.498. The van der Waals surface area contributed by atoms with Gasteiger partial charge in [0.15, 0.2) is 6.61 Å². The third kappa shape index (κ3) is 4.09. The summed E-state index contributed by atoms with van der Waals surface area (Å²) in [6.07, 6.45) is -1.54. The number of rotatable bonds is 5. The second-order valence-corrected chi connectivity index (χ2v) is 5.30. The van der Waals surface area contributed by atoms with Crippen molar-refractivity contribution in [3.63, 3.8) is 0 Å². The molecule has 0 saturated carbocycles. The molecular weight excluding hydrogens is 335 g/mol. The minimum atomic E-state index is -4.46. The van der Waals surface area contributed by atoms with E-state index in [1.54, 1.807) is 18.3 Å². The molecule has 0 atom stereocenters. The second kappa shape index (κ2) is 6.84. The summed E-state index contributed by atoms with van der Waals surface area (Å²) in [5, 5.41) is 3.43. The highest BCUT2D eigenvalue weighted by atomic mass is 19.4. The van der Waals surface area contributed by atoms with Gasteiger partial charge in [-0.15, -0.1) is 0 Å². The highest BCUT2D eigenvalue weighted by molar-refractivity contribution is 6.06. The quantitative estimate of drug-likeness (QED) is 0.742. The Bertz CT molecular complexity index is 890. The number of para-hydroxylation sites is 1. The SMILES string of the molecule is O=C(NCc1cccnc1OCC(F)(F)F)c1c[nH]c2ccccc12. The van der Waals surface area contributed by atoms with Crippen LogP contribution in [0, 0.1) is 0 Å². The van der Waals surface area contributed by atoms with E-state index in [1.807, 2.05) is 24.3 Å². The number of halogens is 3. The third-order valence-electron chi connectivity index (χ3n) is 3.50. The lowest BCUT2D eigenvalue weighted by atomic mass is 10.1. The van der Waals surface area contributed by atoms with E-state index in [1.165, 1.54) is 6.20 Å². The number of pyridine rings is 1. The van der Waals surface area contributed by atoms with E-state index in [-0.39, 0.29) is 18.3 Å². The number of nitrogens with one attached hydrogen (secondary N) is 2. The fourth-order valence-electron chi connectivity index (χ4n) is 2.37. The number of carbonyl (C=O) groups excluding carboxylic acids is 1. The van der Waals surface area contributed by atoms with E-state index in [2.05, 4.69) is 15.3 Å². The first kappa shape index (κ1) is 16.8. The Hall–Kier alpha value is -3.03. The normalized spacial score (nSPS) is 11.5. The topological polar surface area (TPSA) is 67.0 Å². The third-order valence-corrected chi connectivity index (χ3v) is 3.50. The summed E-state index contributed by atoms with van der Waals surface area (Å²) in [6, 6.07) is 10.4. The smallest absolute Gasteiger partial charge is 0.422 e. The molecule has 8 heteroatoms. The number of alkyl halides is 3. The van der Waals surface area contributed by atoms with Gasteiger partial charge in [-0.05, 0) is 12.1 Å². The zero-order chi connectivity index (χ0) is 17.9. The van der Waals surface area contributed by atoms with Crippen molar-refractivity contribution < 1.29 is 22.7 Å². The zero-order valence-corrected chi connectivity index (χ0v) is 12.9. The molecule has 0 spiro atoms. The lowest BCUT2D eigenvalue weighted by molar-refractivity contribution is -0.154. The Kier molecular flexibility index (Phi) is 4.60. The molecule has 2 N–H and O–H groups in total. The Balaban J connectivity index is 1.70. The van der Waals surface area contributed by atoms with Crippen LogP contribution in [0.15, 0.2) is 48.8 Å². The monoisotopic (exact) mass is 349 g/mol. The largest absolute Gasteiger partial charge is 0.468 e. The van der Waals surface area contributed by atoms with E-state index < -0.39 is 12.8 Å². The van der Waals surface area contributed by atoms with Gasteiger partial charge in [0, 0.05) is 35.4 Å². The number of aromatic nitrogens is 2. The number of hydrogen-bond donors (Lipinski definition) is 2. The Morgan fingerprint density at radius 1 is 1.20 bits per heavy atom. The van der Waals surface area contributed by atoms with Crippen molar-refractivity contribution in [3.8, 4) is 5.88 Å². The van der Waals surface area contributed by atoms with Crippen molar-refractivity contribution in [1.82, 2.24) is 15.3 Å². The molecule has 0 aliphatic rings. The predicted octanol–water partition coefficient (Wildman–Crippen LogP) is 3.43. The van der Waals surface area contributed by atoms with Gasteiger partial charge in [0.1, 0.15) is 0 Å². The Morgan fingerprint density at radius 3 is 2.80 bits per heavy atom. The molecule has 5 nitrogen and oxygen atoms in total. The average molecular weight is 349 g/mol. The summed E-state index contributed by atoms with van der Waals surface area (Å²) in [4.78, 5) is 19.1. The number of hydrogen-bond acceptors (Lipinski definition) is 3. The van der Waals surface area contributed by atoms with Gasteiger partial charge in [0.05, 0.1) is 5.56 Å². The van der Waals surface area contributed by atoms with Crippen molar-refractivity contribution in [2.75, 3.05) is 6.61 Å². The molecule has 0 fully saturated rings. The van der Waals surface area contributed by atoms with Crippen LogP contribution < -0.4 is 10.1 Å². The fraction of sp³-hybridized carbons (Fsp3) is 0.176. The first-order valence-electron chi connectivity index (χ1n) is 7.42. The van der Waals surface area contributed by atoms with Crippen LogP contribution in [0.5, 0.6) is 5.88 Å². The number of fused-ring (bicyclic) bond motifs is 1. The minimum absolute atomic E-state index is 0.000624. The van der Waals surface area contributed by atoms with Crippen LogP contribution in [0.25, 0.3) is 10.9 Å². The first-order valence-corrected chi connectivity index (χ1v) is 7.42. The van der Waals surface area contributed by atoms with E-state index in [0.717, 1.165) is 10.9 Å². The van der Waals surface area contributed by atoms with Crippen molar-refractivity contribution in [2.45, 2.75) is 12.7 Å². The van der Waals surface area contributed by atoms with Gasteiger partial charge < -0.3 is 15.0 Å². The molecule has 3 rings (SSSR count). The number of H-pyrrole nitrogens is 1. The standard InChI is InChI=1S/C17H14F3N3O2/c18-17(19,20)10-25-16-11(4-3-7-21-16)8-23-15(24)13-9-22-14-6-2-1-5-12(13)14/h1-7,9,22H,8,10H2,(H,23,24). The van der Waals surface area contributed by atoms with E-state index in [9.17, 15) is 18.0 Å². The molecule has 0 bridgehead atoms. The van der Waals surface area contributed by atoms with Gasteiger partial charge in [-0.3, -0.25) is 4.79 Å². The summed E-state index contributed by atoms with van der Waals surface area (Å²) in [5.41, 5.74) is 1.64. The molecule has 1 amide bonds. The molecule has 0 saturated heterocycles. The van der Waals surface area contributed by atoms with Crippen molar-refractivity contribution in [2.24, 2.45) is 0 Å². The van der Waals surface area contributed by atoms with Crippen LogP contribution >= 0.6 is 0 Å². The maximum Gasteiger partial charge on any atom is 0.422 e. The molecule has 130 valence electrons. The maximum absolute atomic E-state index is 12.3. The Morgan fingerprint density at radius 2 is 2.00 bits per heavy atom. The van der Waals surface area contributed by atoms with Gasteiger partial charge in [-0.25, -0.2) is 4.98 Å². The molecule has 0 radical (unpaired) electrons. The fourth-order valence-corrected chi connectivity index (χ4v) is 2.37. The van der Waals surface area contributed by atoms with Gasteiger partial charge in [0.2, 0.25) is 5.88 Å². The van der Waals surface area contributed by atoms with Gasteiger partial charge in [0.25, 0.3) is 5.91 Å². The Labute approximate surface area is 140 Å². The van der Waals surface area contributed by atoms with Crippen LogP contribution in [-0.2, 0) is 6.54 Å². The van der Waals surface area contributed by atoms with E-state index in [4.69, 9.17) is 4.74 Å². The average Bonchev–Trinajstić information content (AvgIpc) is 3.02. The van der Waals surface area contributed by atoms with Crippen LogP contribution in [0.1, 0.15) is 15.9 Å². The first-order chi connectivity index (χ1) is 11.9. The molecule has 25 heavy (non-hydrogen) atoms. The number of aromatic amines is 1. The number of amides is 1. The predicted molar refractivity (Wildman–Crippen MR) is 85.3 cm³/mol. The van der Waals surface area contributed by atoms with Crippen LogP contribution in [0.2, 0.25) is 0 Å². The number of nitrogens with zero attached hydrogens (tertiary/aromatic N) is 1. The van der Waals surface area contributed by atoms with E-state index in [0.29, 0.717) is 11.1 Å².